The molecule has 0 bridgehead atoms. The number of nitrogens with one attached hydrogen (secondary N) is 1. The van der Waals surface area contributed by atoms with E-state index in [1.807, 2.05) is 47.3 Å². The molecule has 0 radical (unpaired) electrons. The quantitative estimate of drug-likeness (QED) is 0.910. The topological polar surface area (TPSA) is 54.3 Å². The van der Waals surface area contributed by atoms with E-state index < -0.39 is 6.10 Å². The number of carbonyl (C=O) groups excluding carboxylic acids is 1. The Morgan fingerprint density at radius 3 is 2.67 bits per heavy atom. The molecule has 2 aromatic rings. The van der Waals surface area contributed by atoms with Crippen LogP contribution in [0.2, 0.25) is 0 Å². The van der Waals surface area contributed by atoms with E-state index in [0.29, 0.717) is 5.56 Å². The monoisotopic (exact) mass is 284 g/mol. The first-order valence-electron chi connectivity index (χ1n) is 7.46. The molecule has 2 N–H and O–H groups in total. The van der Waals surface area contributed by atoms with Gasteiger partial charge in [-0.15, -0.1) is 0 Å². The third-order valence-electron chi connectivity index (χ3n) is 4.06. The lowest BCUT2D eigenvalue weighted by Gasteiger charge is -2.28. The van der Waals surface area contributed by atoms with Crippen LogP contribution in [0.4, 0.5) is 0 Å². The minimum absolute atomic E-state index is 0.116. The van der Waals surface area contributed by atoms with Crippen LogP contribution >= 0.6 is 0 Å². The molecule has 1 aliphatic rings. The first-order valence-corrected chi connectivity index (χ1v) is 7.46. The van der Waals surface area contributed by atoms with Gasteiger partial charge in [0.2, 0.25) is 0 Å². The van der Waals surface area contributed by atoms with Crippen molar-refractivity contribution in [1.82, 2.24) is 9.88 Å². The van der Waals surface area contributed by atoms with E-state index in [1.165, 1.54) is 0 Å². The van der Waals surface area contributed by atoms with Crippen molar-refractivity contribution in [2.45, 2.75) is 37.8 Å². The van der Waals surface area contributed by atoms with Crippen LogP contribution in [-0.4, -0.2) is 27.7 Å². The van der Waals surface area contributed by atoms with Gasteiger partial charge in [-0.05, 0) is 43.2 Å². The van der Waals surface area contributed by atoms with Crippen LogP contribution < -0.4 is 5.32 Å². The number of aliphatic hydroxyl groups is 1. The molecular weight excluding hydrogens is 264 g/mol. The van der Waals surface area contributed by atoms with Gasteiger partial charge in [-0.2, -0.15) is 0 Å². The Kier molecular flexibility index (Phi) is 4.06. The minimum Gasteiger partial charge on any atom is -0.391 e. The second-order valence-corrected chi connectivity index (χ2v) is 5.57. The molecule has 1 amide bonds. The molecule has 1 fully saturated rings. The van der Waals surface area contributed by atoms with E-state index in [9.17, 15) is 9.90 Å². The smallest absolute Gasteiger partial charge is 0.251 e. The fourth-order valence-electron chi connectivity index (χ4n) is 2.85. The fraction of sp³-hybridized carbons (Fsp3) is 0.353. The first-order chi connectivity index (χ1) is 10.2. The van der Waals surface area contributed by atoms with Gasteiger partial charge < -0.3 is 15.0 Å². The summed E-state index contributed by atoms with van der Waals surface area (Å²) in [7, 11) is 0. The lowest BCUT2D eigenvalue weighted by atomic mass is 9.92. The highest BCUT2D eigenvalue weighted by atomic mass is 16.3. The molecule has 21 heavy (non-hydrogen) atoms. The van der Waals surface area contributed by atoms with Gasteiger partial charge in [-0.25, -0.2) is 0 Å². The number of amides is 1. The second-order valence-electron chi connectivity index (χ2n) is 5.57. The lowest BCUT2D eigenvalue weighted by molar-refractivity contribution is 0.0717. The SMILES string of the molecule is O=C(N[C@H]1CCCC[C@@H]1O)c1cccc(-n2cccc2)c1. The normalized spacial score (nSPS) is 22.0. The zero-order valence-electron chi connectivity index (χ0n) is 11.9. The maximum atomic E-state index is 12.3. The molecule has 4 nitrogen and oxygen atoms in total. The van der Waals surface area contributed by atoms with Gasteiger partial charge in [0.25, 0.3) is 5.91 Å². The van der Waals surface area contributed by atoms with Crippen molar-refractivity contribution in [3.63, 3.8) is 0 Å². The number of hydrogen-bond acceptors (Lipinski definition) is 2. The highest BCUT2D eigenvalue weighted by molar-refractivity contribution is 5.95. The molecule has 1 aromatic heterocycles. The Hall–Kier alpha value is -2.07. The van der Waals surface area contributed by atoms with E-state index in [1.54, 1.807) is 6.07 Å². The summed E-state index contributed by atoms with van der Waals surface area (Å²) in [5.74, 6) is -0.116. The number of aliphatic hydroxyl groups excluding tert-OH is 1. The Bertz CT molecular complexity index is 607. The summed E-state index contributed by atoms with van der Waals surface area (Å²) in [4.78, 5) is 12.3. The van der Waals surface area contributed by atoms with Crippen molar-refractivity contribution >= 4 is 5.91 Å². The van der Waals surface area contributed by atoms with Crippen LogP contribution in [0.25, 0.3) is 5.69 Å². The standard InChI is InChI=1S/C17H20N2O2/c20-16-9-2-1-8-15(16)18-17(21)13-6-5-7-14(12-13)19-10-3-4-11-19/h3-7,10-12,15-16,20H,1-2,8-9H2,(H,18,21)/t15-,16-/m0/s1. The first kappa shape index (κ1) is 13.9. The summed E-state index contributed by atoms with van der Waals surface area (Å²) in [6.07, 6.45) is 7.19. The second kappa shape index (κ2) is 6.14. The third-order valence-corrected chi connectivity index (χ3v) is 4.06. The molecule has 1 aromatic carbocycles. The van der Waals surface area contributed by atoms with Crippen molar-refractivity contribution in [1.29, 1.82) is 0 Å². The molecule has 1 saturated carbocycles. The predicted octanol–water partition coefficient (Wildman–Crippen LogP) is 2.51. The molecule has 0 unspecified atom stereocenters. The number of benzene rings is 1. The van der Waals surface area contributed by atoms with Gasteiger partial charge in [0.05, 0.1) is 12.1 Å². The van der Waals surface area contributed by atoms with E-state index in [-0.39, 0.29) is 11.9 Å². The van der Waals surface area contributed by atoms with Crippen molar-refractivity contribution in [2.75, 3.05) is 0 Å². The number of rotatable bonds is 3. The predicted molar refractivity (Wildman–Crippen MR) is 81.5 cm³/mol. The molecule has 0 spiro atoms. The summed E-state index contributed by atoms with van der Waals surface area (Å²) in [5.41, 5.74) is 1.58. The van der Waals surface area contributed by atoms with E-state index in [2.05, 4.69) is 5.32 Å². The molecule has 2 atom stereocenters. The Morgan fingerprint density at radius 2 is 1.90 bits per heavy atom. The van der Waals surface area contributed by atoms with Crippen LogP contribution in [0.3, 0.4) is 0 Å². The number of hydrogen-bond donors (Lipinski definition) is 2. The number of aromatic nitrogens is 1. The summed E-state index contributed by atoms with van der Waals surface area (Å²) < 4.78 is 1.96. The average Bonchev–Trinajstić information content (AvgIpc) is 3.04. The summed E-state index contributed by atoms with van der Waals surface area (Å²) in [6, 6.07) is 11.3. The highest BCUT2D eigenvalue weighted by Crippen LogP contribution is 2.19. The number of nitrogens with zero attached hydrogens (tertiary/aromatic N) is 1. The molecule has 110 valence electrons. The molecule has 4 heteroatoms. The summed E-state index contributed by atoms with van der Waals surface area (Å²) >= 11 is 0. The molecule has 0 saturated heterocycles. The summed E-state index contributed by atoms with van der Waals surface area (Å²) in [5, 5.41) is 12.9. The lowest BCUT2D eigenvalue weighted by Crippen LogP contribution is -2.45. The number of carbonyl (C=O) groups is 1. The van der Waals surface area contributed by atoms with Gasteiger partial charge in [-0.3, -0.25) is 4.79 Å². The Balaban J connectivity index is 1.74. The third kappa shape index (κ3) is 3.16. The van der Waals surface area contributed by atoms with Gasteiger partial charge in [0, 0.05) is 23.6 Å². The van der Waals surface area contributed by atoms with Crippen LogP contribution in [0.15, 0.2) is 48.8 Å². The van der Waals surface area contributed by atoms with E-state index in [4.69, 9.17) is 0 Å². The largest absolute Gasteiger partial charge is 0.391 e. The maximum absolute atomic E-state index is 12.3. The summed E-state index contributed by atoms with van der Waals surface area (Å²) in [6.45, 7) is 0. The van der Waals surface area contributed by atoms with Crippen LogP contribution in [0, 0.1) is 0 Å². The zero-order chi connectivity index (χ0) is 14.7. The molecule has 0 aliphatic heterocycles. The van der Waals surface area contributed by atoms with Gasteiger partial charge in [0.15, 0.2) is 0 Å². The van der Waals surface area contributed by atoms with Crippen molar-refractivity contribution in [2.24, 2.45) is 0 Å². The molecular formula is C17H20N2O2. The van der Waals surface area contributed by atoms with Crippen molar-refractivity contribution < 1.29 is 9.90 Å². The van der Waals surface area contributed by atoms with Crippen LogP contribution in [-0.2, 0) is 0 Å². The Morgan fingerprint density at radius 1 is 1.14 bits per heavy atom. The van der Waals surface area contributed by atoms with Gasteiger partial charge in [-0.1, -0.05) is 18.9 Å². The maximum Gasteiger partial charge on any atom is 0.251 e. The fourth-order valence-corrected chi connectivity index (χ4v) is 2.85. The molecule has 3 rings (SSSR count). The van der Waals surface area contributed by atoms with Crippen molar-refractivity contribution in [3.8, 4) is 5.69 Å². The van der Waals surface area contributed by atoms with E-state index in [0.717, 1.165) is 31.4 Å². The zero-order valence-corrected chi connectivity index (χ0v) is 11.9. The van der Waals surface area contributed by atoms with Crippen LogP contribution in [0.1, 0.15) is 36.0 Å². The molecule has 1 heterocycles. The Labute approximate surface area is 124 Å². The molecule has 1 aliphatic carbocycles. The average molecular weight is 284 g/mol. The van der Waals surface area contributed by atoms with Crippen LogP contribution in [0.5, 0.6) is 0 Å². The van der Waals surface area contributed by atoms with Crippen molar-refractivity contribution in [3.05, 3.63) is 54.4 Å². The minimum atomic E-state index is -0.421. The van der Waals surface area contributed by atoms with E-state index >= 15 is 0 Å². The van der Waals surface area contributed by atoms with Gasteiger partial charge in [0.1, 0.15) is 0 Å². The van der Waals surface area contributed by atoms with Gasteiger partial charge >= 0.3 is 0 Å². The highest BCUT2D eigenvalue weighted by Gasteiger charge is 2.24.